The van der Waals surface area contributed by atoms with Crippen LogP contribution in [0.2, 0.25) is 0 Å². The number of carboxylic acids is 1. The van der Waals surface area contributed by atoms with Crippen LogP contribution in [-0.2, 0) is 14.8 Å². The number of benzene rings is 1. The second-order valence-electron chi connectivity index (χ2n) is 6.44. The van der Waals surface area contributed by atoms with Crippen molar-refractivity contribution in [3.8, 4) is 0 Å². The van der Waals surface area contributed by atoms with Crippen LogP contribution in [0, 0.1) is 5.41 Å². The maximum atomic E-state index is 12.8. The number of sulfonamides is 1. The molecule has 1 amide bonds. The van der Waals surface area contributed by atoms with Crippen molar-refractivity contribution in [1.82, 2.24) is 9.62 Å². The first-order valence-electron chi connectivity index (χ1n) is 8.43. The molecule has 1 heterocycles. The van der Waals surface area contributed by atoms with Crippen molar-refractivity contribution in [3.63, 3.8) is 0 Å². The van der Waals surface area contributed by atoms with Crippen LogP contribution < -0.4 is 5.32 Å². The molecule has 1 aromatic carbocycles. The molecule has 144 valence electrons. The summed E-state index contributed by atoms with van der Waals surface area (Å²) in [5, 5.41) is 22.4. The Morgan fingerprint density at radius 1 is 1.31 bits per heavy atom. The summed E-state index contributed by atoms with van der Waals surface area (Å²) >= 11 is 0. The second kappa shape index (κ2) is 7.73. The number of aliphatic hydroxyl groups excluding tert-OH is 1. The molecule has 1 aromatic rings. The van der Waals surface area contributed by atoms with Crippen LogP contribution in [0.1, 0.15) is 36.5 Å². The predicted molar refractivity (Wildman–Crippen MR) is 94.2 cm³/mol. The summed E-state index contributed by atoms with van der Waals surface area (Å²) in [6, 6.07) is 5.48. The van der Waals surface area contributed by atoms with E-state index in [9.17, 15) is 28.2 Å². The lowest BCUT2D eigenvalue weighted by molar-refractivity contribution is -0.162. The fourth-order valence-corrected chi connectivity index (χ4v) is 4.78. The Labute approximate surface area is 152 Å². The van der Waals surface area contributed by atoms with Gasteiger partial charge < -0.3 is 15.5 Å². The van der Waals surface area contributed by atoms with E-state index in [2.05, 4.69) is 5.32 Å². The molecule has 2 rings (SSSR count). The van der Waals surface area contributed by atoms with Crippen LogP contribution in [0.3, 0.4) is 0 Å². The number of hydrogen-bond acceptors (Lipinski definition) is 5. The molecule has 0 aromatic heterocycles. The summed E-state index contributed by atoms with van der Waals surface area (Å²) < 4.78 is 26.7. The first-order valence-corrected chi connectivity index (χ1v) is 9.87. The molecule has 0 radical (unpaired) electrons. The van der Waals surface area contributed by atoms with Gasteiger partial charge in [0.15, 0.2) is 0 Å². The van der Waals surface area contributed by atoms with E-state index >= 15 is 0 Å². The summed E-state index contributed by atoms with van der Waals surface area (Å²) in [5.41, 5.74) is -0.984. The number of piperidine rings is 1. The van der Waals surface area contributed by atoms with Gasteiger partial charge in [-0.3, -0.25) is 9.59 Å². The highest BCUT2D eigenvalue weighted by molar-refractivity contribution is 7.89. The monoisotopic (exact) mass is 384 g/mol. The third kappa shape index (κ3) is 3.60. The molecule has 1 fully saturated rings. The van der Waals surface area contributed by atoms with E-state index in [0.29, 0.717) is 12.0 Å². The average Bonchev–Trinajstić information content (AvgIpc) is 2.62. The van der Waals surface area contributed by atoms with Gasteiger partial charge in [0, 0.05) is 25.7 Å². The van der Waals surface area contributed by atoms with Crippen LogP contribution in [0.4, 0.5) is 0 Å². The molecule has 3 N–H and O–H groups in total. The number of β-amino-alcohol motifs (C(OH)–C–C–N with tert-alkyl or cyclic N) is 1. The third-order valence-electron chi connectivity index (χ3n) is 4.93. The summed E-state index contributed by atoms with van der Waals surface area (Å²) in [7, 11) is -2.41. The van der Waals surface area contributed by atoms with Crippen LogP contribution in [-0.4, -0.2) is 61.1 Å². The van der Waals surface area contributed by atoms with Gasteiger partial charge in [-0.25, -0.2) is 8.42 Å². The molecule has 0 saturated carbocycles. The minimum Gasteiger partial charge on any atom is -0.481 e. The van der Waals surface area contributed by atoms with Gasteiger partial charge in [-0.05, 0) is 37.1 Å². The standard InChI is InChI=1S/C17H24N2O6S/c1-3-8-17(16(22)23)9-10-19(11-14(17)20)26(24,25)13-6-4-12(5-7-13)15(21)18-2/h4-7,14,20H,3,8-11H2,1-2H3,(H,18,21)(H,22,23)/t14-,17-/m0/s1. The maximum absolute atomic E-state index is 12.8. The van der Waals surface area contributed by atoms with Gasteiger partial charge in [0.05, 0.1) is 16.4 Å². The fraction of sp³-hybridized carbons (Fsp3) is 0.529. The van der Waals surface area contributed by atoms with Crippen molar-refractivity contribution in [2.45, 2.75) is 37.2 Å². The Balaban J connectivity index is 2.23. The lowest BCUT2D eigenvalue weighted by Crippen LogP contribution is -2.55. The van der Waals surface area contributed by atoms with E-state index < -0.39 is 27.5 Å². The van der Waals surface area contributed by atoms with Crippen molar-refractivity contribution >= 4 is 21.9 Å². The highest BCUT2D eigenvalue weighted by Gasteiger charge is 2.49. The molecule has 8 nitrogen and oxygen atoms in total. The number of hydrogen-bond donors (Lipinski definition) is 3. The van der Waals surface area contributed by atoms with Crippen molar-refractivity contribution in [2.24, 2.45) is 5.41 Å². The molecular weight excluding hydrogens is 360 g/mol. The summed E-state index contributed by atoms with van der Waals surface area (Å²) in [6.45, 7) is 1.57. The number of aliphatic carboxylic acids is 1. The zero-order valence-electron chi connectivity index (χ0n) is 14.8. The molecule has 1 aliphatic rings. The zero-order chi connectivity index (χ0) is 19.5. The van der Waals surface area contributed by atoms with Crippen LogP contribution >= 0.6 is 0 Å². The Hall–Kier alpha value is -1.97. The molecule has 26 heavy (non-hydrogen) atoms. The molecule has 9 heteroatoms. The van der Waals surface area contributed by atoms with Gasteiger partial charge >= 0.3 is 5.97 Å². The van der Waals surface area contributed by atoms with Gasteiger partial charge in [-0.1, -0.05) is 13.3 Å². The minimum atomic E-state index is -3.89. The number of nitrogens with one attached hydrogen (secondary N) is 1. The maximum Gasteiger partial charge on any atom is 0.312 e. The number of carboxylic acid groups (broad SMARTS) is 1. The third-order valence-corrected chi connectivity index (χ3v) is 6.80. The molecule has 0 bridgehead atoms. The SMILES string of the molecule is CCC[C@]1(C(=O)O)CCN(S(=O)(=O)c2ccc(C(=O)NC)cc2)C[C@@H]1O. The Bertz CT molecular complexity index is 777. The highest BCUT2D eigenvalue weighted by atomic mass is 32.2. The second-order valence-corrected chi connectivity index (χ2v) is 8.38. The number of carbonyl (C=O) groups excluding carboxylic acids is 1. The van der Waals surface area contributed by atoms with E-state index in [-0.39, 0.29) is 36.7 Å². The van der Waals surface area contributed by atoms with Crippen molar-refractivity contribution < 1.29 is 28.2 Å². The lowest BCUT2D eigenvalue weighted by Gasteiger charge is -2.42. The topological polar surface area (TPSA) is 124 Å². The molecule has 0 spiro atoms. The number of aliphatic hydroxyl groups is 1. The quantitative estimate of drug-likeness (QED) is 0.662. The summed E-state index contributed by atoms with van der Waals surface area (Å²) in [6.07, 6.45) is -0.365. The first-order chi connectivity index (χ1) is 12.2. The highest BCUT2D eigenvalue weighted by Crippen LogP contribution is 2.38. The van der Waals surface area contributed by atoms with Gasteiger partial charge in [0.1, 0.15) is 0 Å². The molecular formula is C17H24N2O6S. The summed E-state index contributed by atoms with van der Waals surface area (Å²) in [5.74, 6) is -1.42. The van der Waals surface area contributed by atoms with E-state index in [4.69, 9.17) is 0 Å². The van der Waals surface area contributed by atoms with Crippen LogP contribution in [0.25, 0.3) is 0 Å². The number of rotatable bonds is 6. The van der Waals surface area contributed by atoms with Gasteiger partial charge in [-0.15, -0.1) is 0 Å². The van der Waals surface area contributed by atoms with Crippen molar-refractivity contribution in [1.29, 1.82) is 0 Å². The van der Waals surface area contributed by atoms with Gasteiger partial charge in [-0.2, -0.15) is 4.31 Å². The largest absolute Gasteiger partial charge is 0.481 e. The molecule has 0 aliphatic carbocycles. The van der Waals surface area contributed by atoms with E-state index in [0.717, 1.165) is 4.31 Å². The number of amides is 1. The predicted octanol–water partition coefficient (Wildman–Crippen LogP) is 0.673. The van der Waals surface area contributed by atoms with Gasteiger partial charge in [0.25, 0.3) is 5.91 Å². The summed E-state index contributed by atoms with van der Waals surface area (Å²) in [4.78, 5) is 23.2. The first kappa shape index (κ1) is 20.3. The molecule has 2 atom stereocenters. The minimum absolute atomic E-state index is 0.00401. The van der Waals surface area contributed by atoms with Crippen LogP contribution in [0.5, 0.6) is 0 Å². The molecule has 1 saturated heterocycles. The lowest BCUT2D eigenvalue weighted by atomic mass is 9.73. The van der Waals surface area contributed by atoms with Crippen molar-refractivity contribution in [2.75, 3.05) is 20.1 Å². The Morgan fingerprint density at radius 3 is 2.38 bits per heavy atom. The fourth-order valence-electron chi connectivity index (χ4n) is 3.33. The Morgan fingerprint density at radius 2 is 1.92 bits per heavy atom. The smallest absolute Gasteiger partial charge is 0.312 e. The van der Waals surface area contributed by atoms with Crippen molar-refractivity contribution in [3.05, 3.63) is 29.8 Å². The van der Waals surface area contributed by atoms with E-state index in [1.54, 1.807) is 0 Å². The number of carbonyl (C=O) groups is 2. The number of nitrogens with zero attached hydrogens (tertiary/aromatic N) is 1. The normalized spacial score (nSPS) is 24.2. The van der Waals surface area contributed by atoms with Gasteiger partial charge in [0.2, 0.25) is 10.0 Å². The van der Waals surface area contributed by atoms with Crippen LogP contribution in [0.15, 0.2) is 29.2 Å². The van der Waals surface area contributed by atoms with E-state index in [1.165, 1.54) is 31.3 Å². The molecule has 1 aliphatic heterocycles. The Kier molecular flexibility index (Phi) is 6.05. The van der Waals surface area contributed by atoms with E-state index in [1.807, 2.05) is 6.92 Å². The zero-order valence-corrected chi connectivity index (χ0v) is 15.6. The molecule has 0 unspecified atom stereocenters. The average molecular weight is 384 g/mol.